The maximum absolute atomic E-state index is 5.09. The summed E-state index contributed by atoms with van der Waals surface area (Å²) in [6, 6.07) is 39.8. The van der Waals surface area contributed by atoms with E-state index in [1.807, 2.05) is 30.3 Å². The molecule has 0 atom stereocenters. The monoisotopic (exact) mass is 398 g/mol. The molecule has 1 N–H and O–H groups in total. The Morgan fingerprint density at radius 1 is 0.581 bits per heavy atom. The van der Waals surface area contributed by atoms with Crippen LogP contribution < -0.4 is 9.88 Å². The molecule has 0 bridgehead atoms. The van der Waals surface area contributed by atoms with Gasteiger partial charge in [0.05, 0.1) is 5.69 Å². The van der Waals surface area contributed by atoms with Crippen LogP contribution in [0.2, 0.25) is 0 Å². The first-order chi connectivity index (χ1) is 15.4. The smallest absolute Gasteiger partial charge is 0.240 e. The molecule has 146 valence electrons. The molecule has 0 fully saturated rings. The van der Waals surface area contributed by atoms with Gasteiger partial charge in [-0.2, -0.15) is 0 Å². The van der Waals surface area contributed by atoms with Crippen LogP contribution in [0.4, 0.5) is 11.4 Å². The summed E-state index contributed by atoms with van der Waals surface area (Å²) in [5.41, 5.74) is 7.38. The van der Waals surface area contributed by atoms with Crippen molar-refractivity contribution in [1.29, 1.82) is 0 Å². The lowest BCUT2D eigenvalue weighted by atomic mass is 10.0. The molecule has 0 aliphatic heterocycles. The van der Waals surface area contributed by atoms with Crippen LogP contribution >= 0.6 is 0 Å². The van der Waals surface area contributed by atoms with E-state index in [1.54, 1.807) is 0 Å². The van der Waals surface area contributed by atoms with Gasteiger partial charge in [0.2, 0.25) is 16.7 Å². The van der Waals surface area contributed by atoms with Crippen molar-refractivity contribution in [2.24, 2.45) is 0 Å². The minimum Gasteiger partial charge on any atom is -0.355 e. The second-order valence-electron chi connectivity index (χ2n) is 7.60. The first kappa shape index (κ1) is 17.6. The molecule has 3 nitrogen and oxygen atoms in total. The topological polar surface area (TPSA) is 28.8 Å². The summed E-state index contributed by atoms with van der Waals surface area (Å²) in [7, 11) is 0. The Hall–Kier alpha value is -4.24. The predicted octanol–water partition coefficient (Wildman–Crippen LogP) is 6.56. The molecule has 0 saturated heterocycles. The van der Waals surface area contributed by atoms with E-state index in [2.05, 4.69) is 94.8 Å². The van der Waals surface area contributed by atoms with Crippen molar-refractivity contribution in [3.63, 3.8) is 0 Å². The number of nitrogens with one attached hydrogen (secondary N) is 1. The molecule has 0 radical (unpaired) electrons. The fraction of sp³-hybridized carbons (Fsp3) is 0. The van der Waals surface area contributed by atoms with Gasteiger partial charge in [-0.1, -0.05) is 72.8 Å². The number of rotatable bonds is 3. The van der Waals surface area contributed by atoms with Gasteiger partial charge < -0.3 is 5.32 Å². The lowest BCUT2D eigenvalue weighted by Crippen LogP contribution is -2.33. The fourth-order valence-corrected chi connectivity index (χ4v) is 4.27. The number of benzene rings is 5. The van der Waals surface area contributed by atoms with Gasteiger partial charge in [0, 0.05) is 40.7 Å². The molecule has 3 heteroatoms. The van der Waals surface area contributed by atoms with E-state index >= 15 is 0 Å². The van der Waals surface area contributed by atoms with Crippen LogP contribution in [0.25, 0.3) is 38.5 Å². The third-order valence-electron chi connectivity index (χ3n) is 5.66. The average Bonchev–Trinajstić information content (AvgIpc) is 2.84. The highest BCUT2D eigenvalue weighted by molar-refractivity contribution is 6.11. The van der Waals surface area contributed by atoms with E-state index in [0.717, 1.165) is 49.9 Å². The number of hydrogen-bond acceptors (Lipinski definition) is 2. The van der Waals surface area contributed by atoms with E-state index in [9.17, 15) is 0 Å². The standard InChI is InChI=1S/C28H19N3/c1-3-11-20(12-4-1)29-25-19-27-28(23-16-8-7-15-22(23)25)30-24-17-9-10-18-26(24)31(27)21-13-5-2-6-14-21/h1-19H/p+1. The molecule has 0 aliphatic rings. The third kappa shape index (κ3) is 2.99. The van der Waals surface area contributed by atoms with Crippen LogP contribution in [-0.4, -0.2) is 4.98 Å². The maximum Gasteiger partial charge on any atom is 0.240 e. The molecule has 1 aromatic heterocycles. The first-order valence-corrected chi connectivity index (χ1v) is 10.4. The molecule has 1 heterocycles. The molecule has 6 rings (SSSR count). The highest BCUT2D eigenvalue weighted by Gasteiger charge is 2.22. The number of hydrogen-bond donors (Lipinski definition) is 1. The zero-order valence-corrected chi connectivity index (χ0v) is 16.9. The Kier molecular flexibility index (Phi) is 4.10. The van der Waals surface area contributed by atoms with Crippen LogP contribution in [0, 0.1) is 0 Å². The van der Waals surface area contributed by atoms with Crippen molar-refractivity contribution in [3.8, 4) is 5.69 Å². The number of fused-ring (bicyclic) bond motifs is 4. The quantitative estimate of drug-likeness (QED) is 0.208. The zero-order valence-electron chi connectivity index (χ0n) is 16.9. The number of para-hydroxylation sites is 4. The SMILES string of the molecule is c1ccc(Nc2cc3c(nc4ccccc4[n+]3-c3ccccc3)c3ccccc23)cc1. The van der Waals surface area contributed by atoms with E-state index in [-0.39, 0.29) is 0 Å². The molecular formula is C28H20N3+. The number of nitrogens with zero attached hydrogens (tertiary/aromatic N) is 2. The van der Waals surface area contributed by atoms with Crippen molar-refractivity contribution in [2.75, 3.05) is 5.32 Å². The molecule has 0 unspecified atom stereocenters. The summed E-state index contributed by atoms with van der Waals surface area (Å²) >= 11 is 0. The summed E-state index contributed by atoms with van der Waals surface area (Å²) in [5.74, 6) is 0. The molecule has 0 aliphatic carbocycles. The van der Waals surface area contributed by atoms with Gasteiger partial charge in [-0.15, -0.1) is 4.57 Å². The predicted molar refractivity (Wildman–Crippen MR) is 128 cm³/mol. The second-order valence-corrected chi connectivity index (χ2v) is 7.60. The van der Waals surface area contributed by atoms with Crippen LogP contribution in [-0.2, 0) is 0 Å². The van der Waals surface area contributed by atoms with Crippen molar-refractivity contribution in [2.45, 2.75) is 0 Å². The van der Waals surface area contributed by atoms with Gasteiger partial charge in [0.1, 0.15) is 11.0 Å². The van der Waals surface area contributed by atoms with Crippen molar-refractivity contribution >= 4 is 44.2 Å². The molecule has 5 aromatic carbocycles. The lowest BCUT2D eigenvalue weighted by Gasteiger charge is -2.13. The Bertz CT molecular complexity index is 1540. The molecule has 0 amide bonds. The highest BCUT2D eigenvalue weighted by Crippen LogP contribution is 2.33. The average molecular weight is 398 g/mol. The van der Waals surface area contributed by atoms with Crippen molar-refractivity contribution in [1.82, 2.24) is 4.98 Å². The van der Waals surface area contributed by atoms with E-state index in [0.29, 0.717) is 0 Å². The van der Waals surface area contributed by atoms with Gasteiger partial charge >= 0.3 is 0 Å². The minimum absolute atomic E-state index is 0.979. The summed E-state index contributed by atoms with van der Waals surface area (Å²) in [4.78, 5) is 5.09. The summed E-state index contributed by atoms with van der Waals surface area (Å²) < 4.78 is 2.31. The van der Waals surface area contributed by atoms with Crippen LogP contribution in [0.3, 0.4) is 0 Å². The fourth-order valence-electron chi connectivity index (χ4n) is 4.27. The Balaban J connectivity index is 1.76. The first-order valence-electron chi connectivity index (χ1n) is 10.4. The minimum atomic E-state index is 0.979. The summed E-state index contributed by atoms with van der Waals surface area (Å²) in [6.45, 7) is 0. The van der Waals surface area contributed by atoms with E-state index in [4.69, 9.17) is 4.98 Å². The Labute approximate surface area is 180 Å². The van der Waals surface area contributed by atoms with E-state index in [1.165, 1.54) is 0 Å². The van der Waals surface area contributed by atoms with Crippen LogP contribution in [0.15, 0.2) is 115 Å². The molecule has 0 saturated carbocycles. The van der Waals surface area contributed by atoms with Crippen LogP contribution in [0.5, 0.6) is 0 Å². The van der Waals surface area contributed by atoms with Gasteiger partial charge in [0.25, 0.3) is 0 Å². The van der Waals surface area contributed by atoms with Gasteiger partial charge in [-0.05, 0) is 18.2 Å². The van der Waals surface area contributed by atoms with Crippen molar-refractivity contribution < 1.29 is 4.57 Å². The lowest BCUT2D eigenvalue weighted by molar-refractivity contribution is -0.538. The summed E-state index contributed by atoms with van der Waals surface area (Å²) in [6.07, 6.45) is 0. The molecular weight excluding hydrogens is 378 g/mol. The Morgan fingerprint density at radius 2 is 1.23 bits per heavy atom. The van der Waals surface area contributed by atoms with Crippen molar-refractivity contribution in [3.05, 3.63) is 115 Å². The summed E-state index contributed by atoms with van der Waals surface area (Å²) in [5, 5.41) is 5.91. The van der Waals surface area contributed by atoms with Gasteiger partial charge in [-0.25, -0.2) is 4.98 Å². The Morgan fingerprint density at radius 3 is 2.03 bits per heavy atom. The number of anilines is 2. The van der Waals surface area contributed by atoms with E-state index < -0.39 is 0 Å². The molecule has 31 heavy (non-hydrogen) atoms. The van der Waals surface area contributed by atoms with Gasteiger partial charge in [-0.3, -0.25) is 0 Å². The number of aromatic nitrogens is 2. The molecule has 6 aromatic rings. The second kappa shape index (κ2) is 7.22. The maximum atomic E-state index is 5.09. The zero-order chi connectivity index (χ0) is 20.6. The highest BCUT2D eigenvalue weighted by atomic mass is 15.0. The van der Waals surface area contributed by atoms with Gasteiger partial charge in [0.15, 0.2) is 0 Å². The third-order valence-corrected chi connectivity index (χ3v) is 5.66. The van der Waals surface area contributed by atoms with Crippen LogP contribution in [0.1, 0.15) is 0 Å². The molecule has 0 spiro atoms. The normalized spacial score (nSPS) is 11.2. The largest absolute Gasteiger partial charge is 0.355 e.